The highest BCUT2D eigenvalue weighted by Crippen LogP contribution is 2.28. The summed E-state index contributed by atoms with van der Waals surface area (Å²) in [5, 5.41) is 0. The van der Waals surface area contributed by atoms with E-state index >= 15 is 0 Å². The average molecular weight is 255 g/mol. The lowest BCUT2D eigenvalue weighted by molar-refractivity contribution is 0.649. The molecule has 0 unspecified atom stereocenters. The molecule has 1 heterocycles. The SMILES string of the molecule is CC[C@@H](N)c1cncn1-c1cccc2c1CCCC2. The second-order valence-corrected chi connectivity index (χ2v) is 5.33. The van der Waals surface area contributed by atoms with Gasteiger partial charge in [0, 0.05) is 6.04 Å². The van der Waals surface area contributed by atoms with Crippen LogP contribution in [0, 0.1) is 0 Å². The van der Waals surface area contributed by atoms with E-state index in [4.69, 9.17) is 5.73 Å². The van der Waals surface area contributed by atoms with Gasteiger partial charge in [-0.1, -0.05) is 19.1 Å². The highest BCUT2D eigenvalue weighted by molar-refractivity contribution is 5.48. The van der Waals surface area contributed by atoms with Crippen molar-refractivity contribution in [2.24, 2.45) is 5.73 Å². The standard InChI is InChI=1S/C16H21N3/c1-2-14(17)16-10-18-11-19(16)15-9-5-7-12-6-3-4-8-13(12)15/h5,7,9-11,14H,2-4,6,8,17H2,1H3/t14-/m1/s1. The first-order valence-corrected chi connectivity index (χ1v) is 7.20. The van der Waals surface area contributed by atoms with Crippen LogP contribution in [0.3, 0.4) is 0 Å². The van der Waals surface area contributed by atoms with Crippen molar-refractivity contribution in [1.82, 2.24) is 9.55 Å². The Kier molecular flexibility index (Phi) is 3.38. The van der Waals surface area contributed by atoms with Crippen molar-refractivity contribution in [2.45, 2.75) is 45.1 Å². The molecule has 0 fully saturated rings. The van der Waals surface area contributed by atoms with Gasteiger partial charge in [0.1, 0.15) is 0 Å². The molecule has 100 valence electrons. The lowest BCUT2D eigenvalue weighted by Gasteiger charge is -2.21. The number of rotatable bonds is 3. The molecule has 0 amide bonds. The summed E-state index contributed by atoms with van der Waals surface area (Å²) >= 11 is 0. The van der Waals surface area contributed by atoms with Crippen molar-refractivity contribution in [2.75, 3.05) is 0 Å². The zero-order chi connectivity index (χ0) is 13.2. The fourth-order valence-electron chi connectivity index (χ4n) is 2.98. The van der Waals surface area contributed by atoms with E-state index in [1.54, 1.807) is 0 Å². The molecular formula is C16H21N3. The van der Waals surface area contributed by atoms with E-state index in [1.807, 2.05) is 12.5 Å². The molecule has 0 spiro atoms. The number of nitrogens with zero attached hydrogens (tertiary/aromatic N) is 2. The van der Waals surface area contributed by atoms with Crippen molar-refractivity contribution in [3.05, 3.63) is 47.5 Å². The Labute approximate surface area is 114 Å². The van der Waals surface area contributed by atoms with Gasteiger partial charge in [0.2, 0.25) is 0 Å². The minimum absolute atomic E-state index is 0.0574. The third kappa shape index (κ3) is 2.19. The molecule has 1 atom stereocenters. The van der Waals surface area contributed by atoms with E-state index in [1.165, 1.54) is 42.5 Å². The number of hydrogen-bond donors (Lipinski definition) is 1. The molecule has 3 heteroatoms. The Bertz CT molecular complexity index is 571. The monoisotopic (exact) mass is 255 g/mol. The largest absolute Gasteiger partial charge is 0.323 e. The van der Waals surface area contributed by atoms with Crippen molar-refractivity contribution >= 4 is 0 Å². The van der Waals surface area contributed by atoms with Gasteiger partial charge in [-0.3, -0.25) is 0 Å². The second kappa shape index (κ2) is 5.17. The van der Waals surface area contributed by atoms with E-state index in [2.05, 4.69) is 34.7 Å². The molecule has 2 aromatic rings. The lowest BCUT2D eigenvalue weighted by atomic mass is 9.90. The third-order valence-corrected chi connectivity index (χ3v) is 4.12. The fourth-order valence-corrected chi connectivity index (χ4v) is 2.98. The first kappa shape index (κ1) is 12.4. The summed E-state index contributed by atoms with van der Waals surface area (Å²) in [6.07, 6.45) is 9.69. The van der Waals surface area contributed by atoms with Crippen LogP contribution in [0.4, 0.5) is 0 Å². The molecule has 3 rings (SSSR count). The Morgan fingerprint density at radius 2 is 2.16 bits per heavy atom. The normalized spacial score (nSPS) is 16.1. The highest BCUT2D eigenvalue weighted by Gasteiger charge is 2.17. The van der Waals surface area contributed by atoms with E-state index in [9.17, 15) is 0 Å². The van der Waals surface area contributed by atoms with Gasteiger partial charge >= 0.3 is 0 Å². The lowest BCUT2D eigenvalue weighted by Crippen LogP contribution is -2.15. The Hall–Kier alpha value is -1.61. The van der Waals surface area contributed by atoms with Gasteiger partial charge < -0.3 is 10.3 Å². The number of imidazole rings is 1. The van der Waals surface area contributed by atoms with Gasteiger partial charge in [0.25, 0.3) is 0 Å². The molecule has 1 aliphatic carbocycles. The number of nitrogens with two attached hydrogens (primary N) is 1. The minimum Gasteiger partial charge on any atom is -0.323 e. The van der Waals surface area contributed by atoms with E-state index in [0.29, 0.717) is 0 Å². The first-order chi connectivity index (χ1) is 9.31. The van der Waals surface area contributed by atoms with Crippen LogP contribution >= 0.6 is 0 Å². The molecule has 2 N–H and O–H groups in total. The third-order valence-electron chi connectivity index (χ3n) is 4.12. The van der Waals surface area contributed by atoms with Crippen molar-refractivity contribution in [3.8, 4) is 5.69 Å². The minimum atomic E-state index is 0.0574. The molecule has 0 saturated heterocycles. The molecule has 3 nitrogen and oxygen atoms in total. The predicted octanol–water partition coefficient (Wildman–Crippen LogP) is 3.16. The van der Waals surface area contributed by atoms with E-state index < -0.39 is 0 Å². The van der Waals surface area contributed by atoms with Gasteiger partial charge in [-0.25, -0.2) is 4.98 Å². The van der Waals surface area contributed by atoms with Crippen LogP contribution in [-0.2, 0) is 12.8 Å². The van der Waals surface area contributed by atoms with E-state index in [-0.39, 0.29) is 6.04 Å². The molecule has 19 heavy (non-hydrogen) atoms. The maximum Gasteiger partial charge on any atom is 0.0994 e. The summed E-state index contributed by atoms with van der Waals surface area (Å²) < 4.78 is 2.18. The Balaban J connectivity index is 2.10. The number of aryl methyl sites for hydroxylation is 1. The molecule has 0 aliphatic heterocycles. The number of fused-ring (bicyclic) bond motifs is 1. The number of aromatic nitrogens is 2. The van der Waals surface area contributed by atoms with Crippen LogP contribution in [0.25, 0.3) is 5.69 Å². The van der Waals surface area contributed by atoms with Crippen molar-refractivity contribution in [3.63, 3.8) is 0 Å². The van der Waals surface area contributed by atoms with Crippen LogP contribution in [0.5, 0.6) is 0 Å². The van der Waals surface area contributed by atoms with Crippen LogP contribution in [-0.4, -0.2) is 9.55 Å². The second-order valence-electron chi connectivity index (χ2n) is 5.33. The molecule has 0 bridgehead atoms. The number of hydrogen-bond acceptors (Lipinski definition) is 2. The molecule has 0 saturated carbocycles. The van der Waals surface area contributed by atoms with Crippen molar-refractivity contribution in [1.29, 1.82) is 0 Å². The van der Waals surface area contributed by atoms with Crippen LogP contribution in [0.15, 0.2) is 30.7 Å². The van der Waals surface area contributed by atoms with E-state index in [0.717, 1.165) is 12.1 Å². The average Bonchev–Trinajstić information content (AvgIpc) is 2.95. The van der Waals surface area contributed by atoms with Gasteiger partial charge in [-0.05, 0) is 49.3 Å². The number of benzene rings is 1. The molecule has 1 aliphatic rings. The van der Waals surface area contributed by atoms with Gasteiger partial charge in [-0.2, -0.15) is 0 Å². The maximum absolute atomic E-state index is 6.19. The molecule has 0 radical (unpaired) electrons. The smallest absolute Gasteiger partial charge is 0.0994 e. The van der Waals surface area contributed by atoms with Crippen molar-refractivity contribution < 1.29 is 0 Å². The fraction of sp³-hybridized carbons (Fsp3) is 0.438. The van der Waals surface area contributed by atoms with Gasteiger partial charge in [0.15, 0.2) is 0 Å². The summed E-state index contributed by atoms with van der Waals surface area (Å²) in [6.45, 7) is 2.11. The topological polar surface area (TPSA) is 43.8 Å². The summed E-state index contributed by atoms with van der Waals surface area (Å²) in [7, 11) is 0. The van der Waals surface area contributed by atoms with Gasteiger partial charge in [0.05, 0.1) is 23.9 Å². The quantitative estimate of drug-likeness (QED) is 0.915. The predicted molar refractivity (Wildman–Crippen MR) is 77.4 cm³/mol. The first-order valence-electron chi connectivity index (χ1n) is 7.20. The molecular weight excluding hydrogens is 234 g/mol. The molecule has 1 aromatic heterocycles. The van der Waals surface area contributed by atoms with Gasteiger partial charge in [-0.15, -0.1) is 0 Å². The summed E-state index contributed by atoms with van der Waals surface area (Å²) in [6, 6.07) is 6.66. The zero-order valence-electron chi connectivity index (χ0n) is 11.5. The summed E-state index contributed by atoms with van der Waals surface area (Å²) in [5.74, 6) is 0. The molecule has 1 aromatic carbocycles. The Morgan fingerprint density at radius 3 is 3.00 bits per heavy atom. The Morgan fingerprint density at radius 1 is 1.32 bits per heavy atom. The van der Waals surface area contributed by atoms with Crippen LogP contribution in [0.2, 0.25) is 0 Å². The highest BCUT2D eigenvalue weighted by atomic mass is 15.1. The van der Waals surface area contributed by atoms with Crippen LogP contribution in [0.1, 0.15) is 49.0 Å². The maximum atomic E-state index is 6.19. The zero-order valence-corrected chi connectivity index (χ0v) is 11.5. The summed E-state index contributed by atoms with van der Waals surface area (Å²) in [4.78, 5) is 4.30. The summed E-state index contributed by atoms with van der Waals surface area (Å²) in [5.41, 5.74) is 11.6. The van der Waals surface area contributed by atoms with Crippen LogP contribution < -0.4 is 5.73 Å².